The van der Waals surface area contributed by atoms with Crippen molar-refractivity contribution in [3.63, 3.8) is 0 Å². The number of ether oxygens (including phenoxy) is 1. The number of hydrogen-bond acceptors (Lipinski definition) is 4. The number of nitrogens with zero attached hydrogens (tertiary/aromatic N) is 2. The number of nitriles is 1. The minimum absolute atomic E-state index is 0.0107. The topological polar surface area (TPSA) is 48.3 Å². The fraction of sp³-hybridized carbons (Fsp3) is 0.938. The summed E-state index contributed by atoms with van der Waals surface area (Å²) < 4.78 is 5.70. The molecule has 4 nitrogen and oxygen atoms in total. The van der Waals surface area contributed by atoms with E-state index >= 15 is 0 Å². The molecule has 0 spiro atoms. The standard InChI is InChI=1S/C16H29N3O/c1-4-18-16(12-17)9-5-7-14(11-16)19-10-6-8-15(2,13-19)20-3/h14,18H,4-11,13H2,1-3H3. The normalized spacial score (nSPS) is 39.4. The third-order valence-electron chi connectivity index (χ3n) is 5.15. The van der Waals surface area contributed by atoms with Crippen LogP contribution < -0.4 is 5.32 Å². The highest BCUT2D eigenvalue weighted by Crippen LogP contribution is 2.34. The summed E-state index contributed by atoms with van der Waals surface area (Å²) in [5.41, 5.74) is -0.318. The molecule has 2 fully saturated rings. The van der Waals surface area contributed by atoms with Gasteiger partial charge < -0.3 is 4.74 Å². The Morgan fingerprint density at radius 3 is 2.85 bits per heavy atom. The molecule has 3 unspecified atom stereocenters. The summed E-state index contributed by atoms with van der Waals surface area (Å²) in [5, 5.41) is 13.0. The number of likely N-dealkylation sites (tertiary alicyclic amines) is 1. The van der Waals surface area contributed by atoms with Gasteiger partial charge in [-0.2, -0.15) is 5.26 Å². The van der Waals surface area contributed by atoms with Crippen molar-refractivity contribution < 1.29 is 4.74 Å². The first kappa shape index (κ1) is 15.8. The lowest BCUT2D eigenvalue weighted by Gasteiger charge is -2.47. The Morgan fingerprint density at radius 2 is 2.20 bits per heavy atom. The second-order valence-corrected chi connectivity index (χ2v) is 6.70. The van der Waals surface area contributed by atoms with Gasteiger partial charge in [-0.1, -0.05) is 6.92 Å². The molecule has 1 heterocycles. The molecule has 0 aromatic heterocycles. The molecule has 0 aromatic carbocycles. The Kier molecular flexibility index (Phi) is 5.06. The van der Waals surface area contributed by atoms with Gasteiger partial charge >= 0.3 is 0 Å². The van der Waals surface area contributed by atoms with Crippen LogP contribution >= 0.6 is 0 Å². The van der Waals surface area contributed by atoms with Crippen LogP contribution in [0.4, 0.5) is 0 Å². The maximum absolute atomic E-state index is 9.58. The molecular formula is C16H29N3O. The fourth-order valence-electron chi connectivity index (χ4n) is 3.92. The van der Waals surface area contributed by atoms with Crippen LogP contribution in [-0.2, 0) is 4.74 Å². The average Bonchev–Trinajstić information content (AvgIpc) is 2.48. The largest absolute Gasteiger partial charge is 0.377 e. The van der Waals surface area contributed by atoms with Crippen LogP contribution in [0.5, 0.6) is 0 Å². The molecule has 0 amide bonds. The van der Waals surface area contributed by atoms with Crippen molar-refractivity contribution >= 4 is 0 Å². The van der Waals surface area contributed by atoms with Crippen molar-refractivity contribution in [3.05, 3.63) is 0 Å². The summed E-state index contributed by atoms with van der Waals surface area (Å²) in [7, 11) is 1.82. The van der Waals surface area contributed by atoms with E-state index in [-0.39, 0.29) is 11.1 Å². The number of rotatable bonds is 4. The van der Waals surface area contributed by atoms with Gasteiger partial charge in [0.05, 0.1) is 11.7 Å². The van der Waals surface area contributed by atoms with Crippen molar-refractivity contribution in [2.45, 2.75) is 69.6 Å². The van der Waals surface area contributed by atoms with Crippen LogP contribution in [-0.4, -0.2) is 48.8 Å². The number of hydrogen-bond donors (Lipinski definition) is 1. The predicted molar refractivity (Wildman–Crippen MR) is 80.5 cm³/mol. The molecule has 0 aromatic rings. The van der Waals surface area contributed by atoms with Crippen LogP contribution in [0.15, 0.2) is 0 Å². The first-order valence-corrected chi connectivity index (χ1v) is 8.02. The zero-order chi connectivity index (χ0) is 14.6. The lowest BCUT2D eigenvalue weighted by atomic mass is 9.78. The Morgan fingerprint density at radius 1 is 1.40 bits per heavy atom. The van der Waals surface area contributed by atoms with Crippen molar-refractivity contribution in [1.82, 2.24) is 10.2 Å². The number of nitrogens with one attached hydrogen (secondary N) is 1. The first-order valence-electron chi connectivity index (χ1n) is 8.02. The third kappa shape index (κ3) is 3.33. The predicted octanol–water partition coefficient (Wildman–Crippen LogP) is 2.30. The molecule has 20 heavy (non-hydrogen) atoms. The Labute approximate surface area is 123 Å². The summed E-state index contributed by atoms with van der Waals surface area (Å²) >= 11 is 0. The zero-order valence-corrected chi connectivity index (χ0v) is 13.2. The molecule has 3 atom stereocenters. The molecular weight excluding hydrogens is 250 g/mol. The Balaban J connectivity index is 2.03. The van der Waals surface area contributed by atoms with Gasteiger partial charge in [0, 0.05) is 19.7 Å². The summed E-state index contributed by atoms with van der Waals surface area (Å²) in [5.74, 6) is 0. The van der Waals surface area contributed by atoms with Gasteiger partial charge in [0.25, 0.3) is 0 Å². The quantitative estimate of drug-likeness (QED) is 0.858. The molecule has 2 rings (SSSR count). The van der Waals surface area contributed by atoms with Gasteiger partial charge in [-0.3, -0.25) is 10.2 Å². The van der Waals surface area contributed by atoms with E-state index in [1.54, 1.807) is 0 Å². The fourth-order valence-corrected chi connectivity index (χ4v) is 3.92. The second-order valence-electron chi connectivity index (χ2n) is 6.70. The maximum Gasteiger partial charge on any atom is 0.108 e. The van der Waals surface area contributed by atoms with Crippen molar-refractivity contribution in [1.29, 1.82) is 5.26 Å². The highest BCUT2D eigenvalue weighted by molar-refractivity contribution is 5.11. The monoisotopic (exact) mass is 279 g/mol. The highest BCUT2D eigenvalue weighted by Gasteiger charge is 2.41. The molecule has 1 saturated carbocycles. The van der Waals surface area contributed by atoms with Crippen molar-refractivity contribution in [2.75, 3.05) is 26.7 Å². The van der Waals surface area contributed by atoms with E-state index in [1.807, 2.05) is 7.11 Å². The smallest absolute Gasteiger partial charge is 0.108 e. The van der Waals surface area contributed by atoms with E-state index in [9.17, 15) is 5.26 Å². The lowest BCUT2D eigenvalue weighted by Crippen LogP contribution is -2.57. The van der Waals surface area contributed by atoms with Crippen molar-refractivity contribution in [2.24, 2.45) is 0 Å². The van der Waals surface area contributed by atoms with Crippen LogP contribution in [0.2, 0.25) is 0 Å². The minimum Gasteiger partial charge on any atom is -0.377 e. The molecule has 114 valence electrons. The van der Waals surface area contributed by atoms with E-state index < -0.39 is 0 Å². The van der Waals surface area contributed by atoms with Crippen LogP contribution in [0.3, 0.4) is 0 Å². The molecule has 1 N–H and O–H groups in total. The summed E-state index contributed by atoms with van der Waals surface area (Å²) in [4.78, 5) is 2.57. The summed E-state index contributed by atoms with van der Waals surface area (Å²) in [6, 6.07) is 3.08. The molecule has 0 bridgehead atoms. The Hall–Kier alpha value is -0.630. The zero-order valence-electron chi connectivity index (χ0n) is 13.2. The van der Waals surface area contributed by atoms with E-state index in [1.165, 1.54) is 12.8 Å². The lowest BCUT2D eigenvalue weighted by molar-refractivity contribution is -0.0672. The van der Waals surface area contributed by atoms with E-state index in [0.717, 1.165) is 45.3 Å². The molecule has 0 radical (unpaired) electrons. The molecule has 2 aliphatic rings. The van der Waals surface area contributed by atoms with E-state index in [2.05, 4.69) is 30.1 Å². The van der Waals surface area contributed by atoms with Crippen LogP contribution in [0.25, 0.3) is 0 Å². The molecule has 1 aliphatic heterocycles. The van der Waals surface area contributed by atoms with Gasteiger partial charge in [0.2, 0.25) is 0 Å². The van der Waals surface area contributed by atoms with Gasteiger partial charge in [0.15, 0.2) is 0 Å². The first-order chi connectivity index (χ1) is 9.56. The molecule has 1 saturated heterocycles. The summed E-state index contributed by atoms with van der Waals surface area (Å²) in [6.45, 7) is 7.32. The number of piperidine rings is 1. The van der Waals surface area contributed by atoms with Crippen LogP contribution in [0, 0.1) is 11.3 Å². The average molecular weight is 279 g/mol. The van der Waals surface area contributed by atoms with E-state index in [0.29, 0.717) is 6.04 Å². The highest BCUT2D eigenvalue weighted by atomic mass is 16.5. The maximum atomic E-state index is 9.58. The molecule has 4 heteroatoms. The van der Waals surface area contributed by atoms with E-state index in [4.69, 9.17) is 4.74 Å². The second kappa shape index (κ2) is 6.43. The number of methoxy groups -OCH3 is 1. The summed E-state index contributed by atoms with van der Waals surface area (Å²) in [6.07, 6.45) is 6.64. The SMILES string of the molecule is CCNC1(C#N)CCCC(N2CCCC(C)(OC)C2)C1. The van der Waals surface area contributed by atoms with Gasteiger partial charge in [-0.05, 0) is 58.5 Å². The third-order valence-corrected chi connectivity index (χ3v) is 5.15. The van der Waals surface area contributed by atoms with Gasteiger partial charge in [-0.25, -0.2) is 0 Å². The van der Waals surface area contributed by atoms with Gasteiger partial charge in [-0.15, -0.1) is 0 Å². The minimum atomic E-state index is -0.307. The molecule has 1 aliphatic carbocycles. The Bertz CT molecular complexity index is 363. The van der Waals surface area contributed by atoms with Crippen molar-refractivity contribution in [3.8, 4) is 6.07 Å². The van der Waals surface area contributed by atoms with Crippen LogP contribution in [0.1, 0.15) is 52.4 Å². The van der Waals surface area contributed by atoms with Gasteiger partial charge in [0.1, 0.15) is 5.54 Å².